The first-order chi connectivity index (χ1) is 13.8. The average molecular weight is 411 g/mol. The maximum Gasteiger partial charge on any atom is 0.418 e. The van der Waals surface area contributed by atoms with Crippen LogP contribution in [-0.2, 0) is 20.5 Å². The Balaban J connectivity index is 1.69. The molecule has 2 aromatic rings. The van der Waals surface area contributed by atoms with Crippen molar-refractivity contribution in [3.05, 3.63) is 54.1 Å². The summed E-state index contributed by atoms with van der Waals surface area (Å²) in [5.74, 6) is -0.203. The number of hydrogen-bond acceptors (Lipinski definition) is 5. The summed E-state index contributed by atoms with van der Waals surface area (Å²) in [4.78, 5) is 23.4. The highest BCUT2D eigenvalue weighted by Gasteiger charge is 2.33. The van der Waals surface area contributed by atoms with Crippen LogP contribution in [0.4, 0.5) is 18.9 Å². The molecule has 0 unspecified atom stereocenters. The van der Waals surface area contributed by atoms with E-state index in [2.05, 4.69) is 5.32 Å². The molecule has 0 radical (unpaired) electrons. The average Bonchev–Trinajstić information content (AvgIpc) is 2.70. The van der Waals surface area contributed by atoms with Crippen molar-refractivity contribution in [1.29, 1.82) is 0 Å². The summed E-state index contributed by atoms with van der Waals surface area (Å²) in [5.41, 5.74) is -1.37. The van der Waals surface area contributed by atoms with E-state index in [1.807, 2.05) is 0 Å². The minimum Gasteiger partial charge on any atom is -0.497 e. The van der Waals surface area contributed by atoms with Crippen molar-refractivity contribution in [1.82, 2.24) is 0 Å². The van der Waals surface area contributed by atoms with Crippen LogP contribution in [0.15, 0.2) is 48.5 Å². The topological polar surface area (TPSA) is 73.9 Å². The van der Waals surface area contributed by atoms with Crippen LogP contribution in [0.1, 0.15) is 18.4 Å². The number of nitrogens with one attached hydrogen (secondary N) is 1. The van der Waals surface area contributed by atoms with E-state index in [-0.39, 0.29) is 13.0 Å². The molecule has 2 aromatic carbocycles. The number of anilines is 1. The van der Waals surface area contributed by atoms with Crippen molar-refractivity contribution in [2.45, 2.75) is 19.0 Å². The van der Waals surface area contributed by atoms with Gasteiger partial charge in [0.25, 0.3) is 5.91 Å². The van der Waals surface area contributed by atoms with Crippen LogP contribution in [0.5, 0.6) is 11.5 Å². The number of benzene rings is 2. The Morgan fingerprint density at radius 3 is 2.31 bits per heavy atom. The number of amides is 1. The summed E-state index contributed by atoms with van der Waals surface area (Å²) in [6, 6.07) is 11.5. The van der Waals surface area contributed by atoms with Gasteiger partial charge in [0.1, 0.15) is 11.5 Å². The van der Waals surface area contributed by atoms with Crippen LogP contribution in [0.3, 0.4) is 0 Å². The largest absolute Gasteiger partial charge is 0.497 e. The Hall–Kier alpha value is -3.23. The van der Waals surface area contributed by atoms with Crippen LogP contribution in [0.2, 0.25) is 0 Å². The van der Waals surface area contributed by atoms with Crippen molar-refractivity contribution in [2.24, 2.45) is 0 Å². The van der Waals surface area contributed by atoms with Crippen molar-refractivity contribution in [3.8, 4) is 11.5 Å². The molecule has 29 heavy (non-hydrogen) atoms. The lowest BCUT2D eigenvalue weighted by molar-refractivity contribution is -0.147. The van der Waals surface area contributed by atoms with Crippen molar-refractivity contribution in [3.63, 3.8) is 0 Å². The predicted molar refractivity (Wildman–Crippen MR) is 98.8 cm³/mol. The first kappa shape index (κ1) is 22.1. The van der Waals surface area contributed by atoms with Gasteiger partial charge >= 0.3 is 12.1 Å². The Kier molecular flexibility index (Phi) is 7.88. The van der Waals surface area contributed by atoms with Crippen LogP contribution in [0, 0.1) is 0 Å². The molecule has 156 valence electrons. The molecule has 0 heterocycles. The number of halogens is 3. The zero-order chi connectivity index (χ0) is 21.3. The molecule has 1 N–H and O–H groups in total. The van der Waals surface area contributed by atoms with Gasteiger partial charge < -0.3 is 19.5 Å². The lowest BCUT2D eigenvalue weighted by Crippen LogP contribution is -2.22. The number of alkyl halides is 3. The third-order valence-corrected chi connectivity index (χ3v) is 3.72. The van der Waals surface area contributed by atoms with Crippen molar-refractivity contribution >= 4 is 17.6 Å². The Labute approximate surface area is 165 Å². The second-order valence-electron chi connectivity index (χ2n) is 5.88. The van der Waals surface area contributed by atoms with Crippen LogP contribution in [0.25, 0.3) is 0 Å². The van der Waals surface area contributed by atoms with Crippen LogP contribution in [-0.4, -0.2) is 32.2 Å². The molecule has 0 bridgehead atoms. The summed E-state index contributed by atoms with van der Waals surface area (Å²) in [5, 5.41) is 2.10. The van der Waals surface area contributed by atoms with E-state index < -0.39 is 35.9 Å². The number of carbonyl (C=O) groups is 2. The fourth-order valence-corrected chi connectivity index (χ4v) is 2.32. The molecule has 1 amide bonds. The first-order valence-electron chi connectivity index (χ1n) is 8.68. The van der Waals surface area contributed by atoms with Crippen LogP contribution >= 0.6 is 0 Å². The molecular formula is C20H20F3NO5. The van der Waals surface area contributed by atoms with Gasteiger partial charge in [-0.25, -0.2) is 0 Å². The maximum atomic E-state index is 12.9. The second-order valence-corrected chi connectivity index (χ2v) is 5.88. The number of ether oxygens (including phenoxy) is 3. The predicted octanol–water partition coefficient (Wildman–Crippen LogP) is 4.05. The Morgan fingerprint density at radius 1 is 1.00 bits per heavy atom. The molecule has 0 atom stereocenters. The summed E-state index contributed by atoms with van der Waals surface area (Å²) in [7, 11) is 1.55. The quantitative estimate of drug-likeness (QED) is 0.498. The minimum absolute atomic E-state index is 0.00255. The van der Waals surface area contributed by atoms with Gasteiger partial charge in [-0.3, -0.25) is 9.59 Å². The number of esters is 1. The van der Waals surface area contributed by atoms with E-state index in [0.29, 0.717) is 17.9 Å². The fraction of sp³-hybridized carbons (Fsp3) is 0.300. The minimum atomic E-state index is -4.61. The monoisotopic (exact) mass is 411 g/mol. The van der Waals surface area contributed by atoms with Crippen molar-refractivity contribution < 1.29 is 37.0 Å². The molecule has 6 nitrogen and oxygen atoms in total. The number of para-hydroxylation sites is 1. The molecule has 0 spiro atoms. The number of hydrogen-bond donors (Lipinski definition) is 1. The van der Waals surface area contributed by atoms with E-state index in [0.717, 1.165) is 12.1 Å². The van der Waals surface area contributed by atoms with E-state index in [9.17, 15) is 22.8 Å². The maximum absolute atomic E-state index is 12.9. The zero-order valence-electron chi connectivity index (χ0n) is 15.6. The number of rotatable bonds is 9. The molecule has 0 saturated carbocycles. The fourth-order valence-electron chi connectivity index (χ4n) is 2.32. The molecule has 0 aliphatic carbocycles. The molecule has 0 fully saturated rings. The molecule has 0 aromatic heterocycles. The van der Waals surface area contributed by atoms with Gasteiger partial charge in [0.2, 0.25) is 0 Å². The Bertz CT molecular complexity index is 822. The molecule has 0 saturated heterocycles. The van der Waals surface area contributed by atoms with Gasteiger partial charge in [-0.1, -0.05) is 12.1 Å². The van der Waals surface area contributed by atoms with Gasteiger partial charge in [-0.15, -0.1) is 0 Å². The molecular weight excluding hydrogens is 391 g/mol. The second kappa shape index (κ2) is 10.4. The number of methoxy groups -OCH3 is 1. The summed E-state index contributed by atoms with van der Waals surface area (Å²) in [6.45, 7) is -0.420. The SMILES string of the molecule is COc1ccc(OCCCC(=O)OCC(=O)Nc2ccccc2C(F)(F)F)cc1. The lowest BCUT2D eigenvalue weighted by Gasteiger charge is -2.13. The lowest BCUT2D eigenvalue weighted by atomic mass is 10.1. The number of carbonyl (C=O) groups excluding carboxylic acids is 2. The summed E-state index contributed by atoms with van der Waals surface area (Å²) in [6.07, 6.45) is -4.25. The van der Waals surface area contributed by atoms with Crippen molar-refractivity contribution in [2.75, 3.05) is 25.6 Å². The standard InChI is InChI=1S/C20H20F3NO5/c1-27-14-8-10-15(11-9-14)28-12-4-7-19(26)29-13-18(25)24-17-6-3-2-5-16(17)20(21,22)23/h2-3,5-6,8-11H,4,7,12-13H2,1H3,(H,24,25). The summed E-state index contributed by atoms with van der Waals surface area (Å²) < 4.78 is 53.9. The molecule has 0 aliphatic rings. The molecule has 9 heteroatoms. The third kappa shape index (κ3) is 7.36. The normalized spacial score (nSPS) is 10.9. The smallest absolute Gasteiger partial charge is 0.418 e. The van der Waals surface area contributed by atoms with E-state index in [4.69, 9.17) is 14.2 Å². The van der Waals surface area contributed by atoms with Gasteiger partial charge in [-0.05, 0) is 42.8 Å². The molecule has 0 aliphatic heterocycles. The Morgan fingerprint density at radius 2 is 1.66 bits per heavy atom. The van der Waals surface area contributed by atoms with Gasteiger partial charge in [0.05, 0.1) is 25.0 Å². The van der Waals surface area contributed by atoms with Crippen LogP contribution < -0.4 is 14.8 Å². The van der Waals surface area contributed by atoms with Gasteiger partial charge in [0, 0.05) is 6.42 Å². The zero-order valence-corrected chi connectivity index (χ0v) is 15.6. The van der Waals surface area contributed by atoms with Gasteiger partial charge in [-0.2, -0.15) is 13.2 Å². The molecule has 2 rings (SSSR count). The first-order valence-corrected chi connectivity index (χ1v) is 8.68. The highest BCUT2D eigenvalue weighted by molar-refractivity contribution is 5.93. The van der Waals surface area contributed by atoms with E-state index in [1.54, 1.807) is 31.4 Å². The van der Waals surface area contributed by atoms with E-state index >= 15 is 0 Å². The van der Waals surface area contributed by atoms with E-state index in [1.165, 1.54) is 12.1 Å². The third-order valence-electron chi connectivity index (χ3n) is 3.72. The highest BCUT2D eigenvalue weighted by atomic mass is 19.4. The van der Waals surface area contributed by atoms with Gasteiger partial charge in [0.15, 0.2) is 6.61 Å². The highest BCUT2D eigenvalue weighted by Crippen LogP contribution is 2.34. The summed E-state index contributed by atoms with van der Waals surface area (Å²) >= 11 is 0.